The summed E-state index contributed by atoms with van der Waals surface area (Å²) in [5.74, 6) is 0. The molecule has 4 heteroatoms. The summed E-state index contributed by atoms with van der Waals surface area (Å²) in [5.41, 5.74) is 1.65. The molecule has 70 valence electrons. The summed E-state index contributed by atoms with van der Waals surface area (Å²) >= 11 is 11.7. The molecule has 0 radical (unpaired) electrons. The second-order valence-corrected chi connectivity index (χ2v) is 3.57. The molecule has 2 aromatic rings. The lowest BCUT2D eigenvalue weighted by atomic mass is 10.1. The van der Waals surface area contributed by atoms with Crippen LogP contribution in [-0.2, 0) is 0 Å². The summed E-state index contributed by atoms with van der Waals surface area (Å²) < 4.78 is 0. The highest BCUT2D eigenvalue weighted by atomic mass is 35.5. The molecule has 2 rings (SSSR count). The van der Waals surface area contributed by atoms with Gasteiger partial charge in [-0.2, -0.15) is 0 Å². The Labute approximate surface area is 91.5 Å². The fourth-order valence-corrected chi connectivity index (χ4v) is 1.47. The van der Waals surface area contributed by atoms with Gasteiger partial charge in [-0.3, -0.25) is 0 Å². The smallest absolute Gasteiger partial charge is 0.116 e. The molecule has 0 atom stereocenters. The number of aromatic nitrogens is 2. The van der Waals surface area contributed by atoms with Crippen molar-refractivity contribution in [2.45, 2.75) is 0 Å². The molecule has 0 bridgehead atoms. The minimum absolute atomic E-state index is 0.537. The lowest BCUT2D eigenvalue weighted by Crippen LogP contribution is -1.85. The first-order valence-electron chi connectivity index (χ1n) is 3.99. The zero-order valence-corrected chi connectivity index (χ0v) is 8.63. The Kier molecular flexibility index (Phi) is 2.66. The van der Waals surface area contributed by atoms with Crippen LogP contribution in [0.4, 0.5) is 0 Å². The van der Waals surface area contributed by atoms with Gasteiger partial charge in [0.25, 0.3) is 0 Å². The van der Waals surface area contributed by atoms with Gasteiger partial charge in [0.15, 0.2) is 0 Å². The minimum atomic E-state index is 0.537. The zero-order valence-electron chi connectivity index (χ0n) is 7.11. The first-order valence-corrected chi connectivity index (χ1v) is 4.74. The molecule has 0 unspecified atom stereocenters. The van der Waals surface area contributed by atoms with Crippen LogP contribution in [0.15, 0.2) is 36.8 Å². The third-order valence-electron chi connectivity index (χ3n) is 1.79. The van der Waals surface area contributed by atoms with Crippen LogP contribution in [0.5, 0.6) is 0 Å². The largest absolute Gasteiger partial charge is 0.243 e. The van der Waals surface area contributed by atoms with E-state index in [1.807, 2.05) is 12.1 Å². The van der Waals surface area contributed by atoms with Crippen LogP contribution >= 0.6 is 23.2 Å². The van der Waals surface area contributed by atoms with Gasteiger partial charge in [-0.05, 0) is 12.1 Å². The second kappa shape index (κ2) is 3.95. The molecule has 14 heavy (non-hydrogen) atoms. The number of hydrogen-bond acceptors (Lipinski definition) is 2. The molecule has 1 aromatic heterocycles. The molecule has 0 fully saturated rings. The molecule has 1 aromatic carbocycles. The fourth-order valence-electron chi connectivity index (χ4n) is 1.13. The maximum Gasteiger partial charge on any atom is 0.116 e. The number of nitrogens with zero attached hydrogens (tertiary/aromatic N) is 2. The fraction of sp³-hybridized carbons (Fsp3) is 0. The molecule has 0 aliphatic carbocycles. The lowest BCUT2D eigenvalue weighted by molar-refractivity contribution is 1.17. The van der Waals surface area contributed by atoms with Gasteiger partial charge in [0.05, 0.1) is 10.7 Å². The Morgan fingerprint density at radius 2 is 1.71 bits per heavy atom. The monoisotopic (exact) mass is 224 g/mol. The van der Waals surface area contributed by atoms with E-state index in [1.165, 1.54) is 6.33 Å². The summed E-state index contributed by atoms with van der Waals surface area (Å²) in [5, 5.41) is 1.23. The summed E-state index contributed by atoms with van der Waals surface area (Å²) in [7, 11) is 0. The van der Waals surface area contributed by atoms with Crippen molar-refractivity contribution in [3.8, 4) is 11.3 Å². The van der Waals surface area contributed by atoms with E-state index >= 15 is 0 Å². The van der Waals surface area contributed by atoms with Crippen LogP contribution in [0.3, 0.4) is 0 Å². The average Bonchev–Trinajstić information content (AvgIpc) is 2.20. The van der Waals surface area contributed by atoms with Gasteiger partial charge in [0, 0.05) is 16.8 Å². The van der Waals surface area contributed by atoms with Crippen molar-refractivity contribution in [1.29, 1.82) is 0 Å². The zero-order chi connectivity index (χ0) is 9.97. The minimum Gasteiger partial charge on any atom is -0.243 e. The molecule has 0 N–H and O–H groups in total. The predicted molar refractivity (Wildman–Crippen MR) is 57.5 cm³/mol. The van der Waals surface area contributed by atoms with E-state index in [2.05, 4.69) is 9.97 Å². The molecular formula is C10H6Cl2N2. The molecule has 0 aliphatic rings. The highest BCUT2D eigenvalue weighted by molar-refractivity contribution is 6.33. The quantitative estimate of drug-likeness (QED) is 0.742. The van der Waals surface area contributed by atoms with Crippen LogP contribution in [0, 0.1) is 0 Å². The Balaban J connectivity index is 2.50. The van der Waals surface area contributed by atoms with Gasteiger partial charge in [-0.25, -0.2) is 9.97 Å². The number of benzene rings is 1. The van der Waals surface area contributed by atoms with Crippen molar-refractivity contribution in [2.75, 3.05) is 0 Å². The second-order valence-electron chi connectivity index (χ2n) is 2.73. The Bertz CT molecular complexity index is 440. The van der Waals surface area contributed by atoms with Crippen molar-refractivity contribution in [3.63, 3.8) is 0 Å². The topological polar surface area (TPSA) is 25.8 Å². The van der Waals surface area contributed by atoms with E-state index < -0.39 is 0 Å². The summed E-state index contributed by atoms with van der Waals surface area (Å²) in [4.78, 5) is 7.91. The van der Waals surface area contributed by atoms with Crippen molar-refractivity contribution in [2.24, 2.45) is 0 Å². The Morgan fingerprint density at radius 3 is 2.36 bits per heavy atom. The van der Waals surface area contributed by atoms with Crippen molar-refractivity contribution in [3.05, 3.63) is 46.8 Å². The van der Waals surface area contributed by atoms with Gasteiger partial charge in [-0.15, -0.1) is 0 Å². The van der Waals surface area contributed by atoms with E-state index in [0.717, 1.165) is 11.3 Å². The molecule has 0 amide bonds. The molecule has 0 saturated carbocycles. The number of halogens is 2. The first kappa shape index (κ1) is 9.44. The number of hydrogen-bond donors (Lipinski definition) is 0. The summed E-state index contributed by atoms with van der Waals surface area (Å²) in [6, 6.07) is 7.34. The Morgan fingerprint density at radius 1 is 1.00 bits per heavy atom. The molecule has 0 aliphatic heterocycles. The van der Waals surface area contributed by atoms with E-state index in [0.29, 0.717) is 10.0 Å². The maximum atomic E-state index is 5.94. The van der Waals surface area contributed by atoms with E-state index in [4.69, 9.17) is 23.2 Å². The van der Waals surface area contributed by atoms with Crippen LogP contribution in [0.1, 0.15) is 0 Å². The van der Waals surface area contributed by atoms with Crippen LogP contribution in [0.25, 0.3) is 11.3 Å². The Hall–Kier alpha value is -1.12. The standard InChI is InChI=1S/C10H6Cl2N2/c11-8-3-1-7(2-4-8)10-9(12)5-13-6-14-10/h1-6H. The van der Waals surface area contributed by atoms with Crippen LogP contribution < -0.4 is 0 Å². The van der Waals surface area contributed by atoms with E-state index in [1.54, 1.807) is 18.3 Å². The normalized spacial score (nSPS) is 10.1. The van der Waals surface area contributed by atoms with Crippen molar-refractivity contribution >= 4 is 23.2 Å². The van der Waals surface area contributed by atoms with Gasteiger partial charge in [0.2, 0.25) is 0 Å². The summed E-state index contributed by atoms with van der Waals surface area (Å²) in [6.07, 6.45) is 3.04. The highest BCUT2D eigenvalue weighted by Crippen LogP contribution is 2.25. The van der Waals surface area contributed by atoms with Gasteiger partial charge < -0.3 is 0 Å². The third kappa shape index (κ3) is 1.86. The van der Waals surface area contributed by atoms with Gasteiger partial charge in [-0.1, -0.05) is 35.3 Å². The average molecular weight is 225 g/mol. The number of rotatable bonds is 1. The summed E-state index contributed by atoms with van der Waals surface area (Å²) in [6.45, 7) is 0. The molecule has 0 spiro atoms. The first-order chi connectivity index (χ1) is 6.77. The van der Waals surface area contributed by atoms with Crippen molar-refractivity contribution < 1.29 is 0 Å². The molecule has 2 nitrogen and oxygen atoms in total. The van der Waals surface area contributed by atoms with Crippen LogP contribution in [0.2, 0.25) is 10.0 Å². The molecule has 1 heterocycles. The van der Waals surface area contributed by atoms with E-state index in [-0.39, 0.29) is 0 Å². The highest BCUT2D eigenvalue weighted by Gasteiger charge is 2.03. The van der Waals surface area contributed by atoms with Gasteiger partial charge >= 0.3 is 0 Å². The van der Waals surface area contributed by atoms with Gasteiger partial charge in [0.1, 0.15) is 6.33 Å². The molecule has 0 saturated heterocycles. The third-order valence-corrected chi connectivity index (χ3v) is 2.31. The van der Waals surface area contributed by atoms with Crippen LogP contribution in [-0.4, -0.2) is 9.97 Å². The van der Waals surface area contributed by atoms with E-state index in [9.17, 15) is 0 Å². The maximum absolute atomic E-state index is 5.94. The molecular weight excluding hydrogens is 219 g/mol. The lowest BCUT2D eigenvalue weighted by Gasteiger charge is -2.01. The van der Waals surface area contributed by atoms with Crippen molar-refractivity contribution in [1.82, 2.24) is 9.97 Å². The predicted octanol–water partition coefficient (Wildman–Crippen LogP) is 3.45. The SMILES string of the molecule is Clc1ccc(-c2ncncc2Cl)cc1.